The molecular weight excluding hydrogens is 514 g/mol. The van der Waals surface area contributed by atoms with Crippen molar-refractivity contribution in [3.05, 3.63) is 93.2 Å². The van der Waals surface area contributed by atoms with E-state index in [-0.39, 0.29) is 6.42 Å². The van der Waals surface area contributed by atoms with E-state index >= 15 is 0 Å². The van der Waals surface area contributed by atoms with E-state index < -0.39 is 23.8 Å². The summed E-state index contributed by atoms with van der Waals surface area (Å²) in [6.07, 6.45) is -4.62. The van der Waals surface area contributed by atoms with Crippen LogP contribution in [0, 0.1) is 29.6 Å². The van der Waals surface area contributed by atoms with Crippen molar-refractivity contribution >= 4 is 42.8 Å². The van der Waals surface area contributed by atoms with Gasteiger partial charge in [0.1, 0.15) is 0 Å². The highest BCUT2D eigenvalue weighted by molar-refractivity contribution is 7.21. The molecule has 2 aromatic carbocycles. The molecule has 5 rings (SSSR count). The fraction of sp³-hybridized carbons (Fsp3) is 0.143. The van der Waals surface area contributed by atoms with Gasteiger partial charge in [-0.15, -0.1) is 22.7 Å². The lowest BCUT2D eigenvalue weighted by molar-refractivity contribution is -0.160. The van der Waals surface area contributed by atoms with E-state index in [2.05, 4.69) is 23.7 Å². The van der Waals surface area contributed by atoms with Gasteiger partial charge in [0.05, 0.1) is 21.2 Å². The number of halogens is 6. The molecule has 8 heteroatoms. The molecular formula is C28H14F6S2. The minimum atomic E-state index is -4.37. The van der Waals surface area contributed by atoms with Crippen LogP contribution in [0.3, 0.4) is 0 Å². The largest absolute Gasteiger partial charge is 0.416 e. The summed E-state index contributed by atoms with van der Waals surface area (Å²) in [5, 5.41) is 2.01. The van der Waals surface area contributed by atoms with Crippen molar-refractivity contribution in [1.29, 1.82) is 0 Å². The third-order valence-corrected chi connectivity index (χ3v) is 7.57. The molecule has 0 aliphatic heterocycles. The summed E-state index contributed by atoms with van der Waals surface area (Å²) < 4.78 is 78.5. The van der Waals surface area contributed by atoms with Gasteiger partial charge in [-0.05, 0) is 65.7 Å². The monoisotopic (exact) mass is 528 g/mol. The maximum absolute atomic E-state index is 12.8. The summed E-state index contributed by atoms with van der Waals surface area (Å²) in [6, 6.07) is 12.7. The number of rotatable bonds is 0. The molecule has 0 amide bonds. The zero-order valence-electron chi connectivity index (χ0n) is 18.2. The number of thiophene rings is 2. The lowest BCUT2D eigenvalue weighted by Crippen LogP contribution is -2.21. The summed E-state index contributed by atoms with van der Waals surface area (Å²) in [5.74, 6) is 10.5. The fourth-order valence-corrected chi connectivity index (χ4v) is 5.55. The second-order valence-corrected chi connectivity index (χ2v) is 10.3. The second-order valence-electron chi connectivity index (χ2n) is 8.13. The van der Waals surface area contributed by atoms with E-state index in [1.165, 1.54) is 47.0 Å². The first-order chi connectivity index (χ1) is 17.0. The summed E-state index contributed by atoms with van der Waals surface area (Å²) in [7, 11) is 0. The van der Waals surface area contributed by atoms with Crippen molar-refractivity contribution in [2.75, 3.05) is 0 Å². The Morgan fingerprint density at radius 1 is 0.722 bits per heavy atom. The van der Waals surface area contributed by atoms with Crippen LogP contribution in [-0.4, -0.2) is 6.18 Å². The molecule has 1 aliphatic carbocycles. The molecule has 0 fully saturated rings. The molecule has 180 valence electrons. The van der Waals surface area contributed by atoms with Gasteiger partial charge in [-0.2, -0.15) is 26.3 Å². The van der Waals surface area contributed by atoms with Gasteiger partial charge in [0, 0.05) is 20.5 Å². The summed E-state index contributed by atoms with van der Waals surface area (Å²) in [4.78, 5) is 1.62. The molecule has 2 aromatic heterocycles. The Morgan fingerprint density at radius 3 is 1.81 bits per heavy atom. The minimum Gasteiger partial charge on any atom is -0.170 e. The van der Waals surface area contributed by atoms with E-state index in [0.717, 1.165) is 48.1 Å². The van der Waals surface area contributed by atoms with Gasteiger partial charge < -0.3 is 0 Å². The molecule has 0 spiro atoms. The van der Waals surface area contributed by atoms with Crippen molar-refractivity contribution in [2.24, 2.45) is 5.92 Å². The SMILES string of the molecule is FC(F)(F)c1ccc(C#Cc2cc3cc4sc(C#CC5=CCC(C(F)(F)F)C=C5)cc4cc3s2)cc1. The van der Waals surface area contributed by atoms with E-state index in [9.17, 15) is 26.3 Å². The van der Waals surface area contributed by atoms with Crippen LogP contribution in [0.2, 0.25) is 0 Å². The van der Waals surface area contributed by atoms with Crippen molar-refractivity contribution in [3.63, 3.8) is 0 Å². The average Bonchev–Trinajstić information content (AvgIpc) is 3.41. The van der Waals surface area contributed by atoms with Gasteiger partial charge in [0.2, 0.25) is 0 Å². The van der Waals surface area contributed by atoms with Crippen molar-refractivity contribution < 1.29 is 26.3 Å². The maximum atomic E-state index is 12.8. The first-order valence-corrected chi connectivity index (χ1v) is 12.3. The van der Waals surface area contributed by atoms with Crippen molar-refractivity contribution in [1.82, 2.24) is 0 Å². The molecule has 1 atom stereocenters. The third kappa shape index (κ3) is 5.36. The summed E-state index contributed by atoms with van der Waals surface area (Å²) in [5.41, 5.74) is 0.368. The van der Waals surface area contributed by atoms with Gasteiger partial charge in [0.15, 0.2) is 0 Å². The van der Waals surface area contributed by atoms with E-state index in [4.69, 9.17) is 0 Å². The number of benzene rings is 2. The molecule has 0 N–H and O–H groups in total. The molecule has 0 saturated carbocycles. The Labute approximate surface area is 210 Å². The predicted octanol–water partition coefficient (Wildman–Crippen LogP) is 8.95. The van der Waals surface area contributed by atoms with Gasteiger partial charge in [0.25, 0.3) is 0 Å². The zero-order chi connectivity index (χ0) is 25.5. The normalized spacial score (nSPS) is 15.8. The van der Waals surface area contributed by atoms with Crippen LogP contribution in [0.1, 0.15) is 27.3 Å². The van der Waals surface area contributed by atoms with Crippen LogP contribution in [0.25, 0.3) is 20.2 Å². The molecule has 1 unspecified atom stereocenters. The molecule has 0 bridgehead atoms. The molecule has 0 saturated heterocycles. The number of hydrogen-bond donors (Lipinski definition) is 0. The molecule has 2 heterocycles. The Bertz CT molecular complexity index is 1580. The first-order valence-electron chi connectivity index (χ1n) is 10.7. The van der Waals surface area contributed by atoms with Crippen LogP contribution in [0.15, 0.2) is 72.3 Å². The van der Waals surface area contributed by atoms with Gasteiger partial charge >= 0.3 is 12.4 Å². The lowest BCUT2D eigenvalue weighted by atomic mass is 9.96. The quantitative estimate of drug-likeness (QED) is 0.158. The number of hydrogen-bond acceptors (Lipinski definition) is 2. The Hall–Kier alpha value is -3.46. The van der Waals surface area contributed by atoms with Crippen LogP contribution >= 0.6 is 22.7 Å². The van der Waals surface area contributed by atoms with E-state index in [1.54, 1.807) is 0 Å². The van der Waals surface area contributed by atoms with Gasteiger partial charge in [-0.1, -0.05) is 41.9 Å². The summed E-state index contributed by atoms with van der Waals surface area (Å²) in [6.45, 7) is 0. The standard InChI is InChI=1S/C28H14F6S2/c29-27(30,31)21-7-1-17(2-8-21)5-11-23-13-19-15-26-20(16-25(19)35-23)14-24(36-26)12-6-18-3-9-22(10-4-18)28(32,33)34/h1-4,7-9,13-16,22H,10H2. The topological polar surface area (TPSA) is 0 Å². The lowest BCUT2D eigenvalue weighted by Gasteiger charge is -2.17. The summed E-state index contributed by atoms with van der Waals surface area (Å²) >= 11 is 2.99. The highest BCUT2D eigenvalue weighted by Gasteiger charge is 2.37. The van der Waals surface area contributed by atoms with Crippen LogP contribution in [0.4, 0.5) is 26.3 Å². The van der Waals surface area contributed by atoms with Crippen LogP contribution in [-0.2, 0) is 6.18 Å². The second kappa shape index (κ2) is 9.20. The van der Waals surface area contributed by atoms with Crippen LogP contribution in [0.5, 0.6) is 0 Å². The number of fused-ring (bicyclic) bond motifs is 2. The first kappa shape index (κ1) is 24.2. The third-order valence-electron chi connectivity index (χ3n) is 5.55. The average molecular weight is 529 g/mol. The zero-order valence-corrected chi connectivity index (χ0v) is 19.9. The number of allylic oxidation sites excluding steroid dienone is 4. The Kier molecular flexibility index (Phi) is 6.20. The maximum Gasteiger partial charge on any atom is 0.416 e. The minimum absolute atomic E-state index is 0.100. The van der Waals surface area contributed by atoms with E-state index in [0.29, 0.717) is 11.1 Å². The van der Waals surface area contributed by atoms with Gasteiger partial charge in [-0.3, -0.25) is 0 Å². The molecule has 1 aliphatic rings. The fourth-order valence-electron chi connectivity index (χ4n) is 3.66. The van der Waals surface area contributed by atoms with Crippen molar-refractivity contribution in [2.45, 2.75) is 18.8 Å². The highest BCUT2D eigenvalue weighted by Crippen LogP contribution is 2.35. The Balaban J connectivity index is 1.33. The molecule has 36 heavy (non-hydrogen) atoms. The molecule has 0 nitrogen and oxygen atoms in total. The number of alkyl halides is 6. The predicted molar refractivity (Wildman–Crippen MR) is 133 cm³/mol. The van der Waals surface area contributed by atoms with E-state index in [1.807, 2.05) is 24.3 Å². The van der Waals surface area contributed by atoms with Crippen molar-refractivity contribution in [3.8, 4) is 23.7 Å². The van der Waals surface area contributed by atoms with Crippen LogP contribution < -0.4 is 0 Å². The van der Waals surface area contributed by atoms with Gasteiger partial charge in [-0.25, -0.2) is 0 Å². The highest BCUT2D eigenvalue weighted by atomic mass is 32.1. The smallest absolute Gasteiger partial charge is 0.170 e. The molecule has 4 aromatic rings. The Morgan fingerprint density at radius 2 is 1.31 bits per heavy atom. The molecule has 0 radical (unpaired) electrons.